The van der Waals surface area contributed by atoms with Gasteiger partial charge in [0.25, 0.3) is 0 Å². The molecule has 1 aliphatic rings. The molecule has 3 heteroatoms. The van der Waals surface area contributed by atoms with Gasteiger partial charge in [-0.05, 0) is 42.7 Å². The lowest BCUT2D eigenvalue weighted by atomic mass is 9.93. The molecule has 1 atom stereocenters. The number of hydrogen-bond donors (Lipinski definition) is 1. The summed E-state index contributed by atoms with van der Waals surface area (Å²) in [6.45, 7) is 2.20. The summed E-state index contributed by atoms with van der Waals surface area (Å²) in [4.78, 5) is 1.53. The highest BCUT2D eigenvalue weighted by molar-refractivity contribution is 7.10. The van der Waals surface area contributed by atoms with E-state index in [4.69, 9.17) is 5.73 Å². The molecule has 1 nitrogen and oxygen atoms in total. The van der Waals surface area contributed by atoms with Gasteiger partial charge in [0, 0.05) is 10.9 Å². The van der Waals surface area contributed by atoms with E-state index < -0.39 is 0 Å². The highest BCUT2D eigenvalue weighted by atomic mass is 35.5. The molecule has 0 aliphatic heterocycles. The molecule has 0 aromatic carbocycles. The van der Waals surface area contributed by atoms with E-state index in [-0.39, 0.29) is 12.4 Å². The van der Waals surface area contributed by atoms with Crippen LogP contribution in [0.25, 0.3) is 0 Å². The highest BCUT2D eigenvalue weighted by Crippen LogP contribution is 2.28. The van der Waals surface area contributed by atoms with Gasteiger partial charge in [-0.1, -0.05) is 0 Å². The van der Waals surface area contributed by atoms with Crippen LogP contribution in [0.3, 0.4) is 0 Å². The van der Waals surface area contributed by atoms with Crippen LogP contribution in [0.15, 0.2) is 5.38 Å². The number of thiophene rings is 1. The molecule has 0 amide bonds. The third-order valence-electron chi connectivity index (χ3n) is 2.40. The Bertz CT molecular complexity index is 269. The number of hydrogen-bond acceptors (Lipinski definition) is 2. The van der Waals surface area contributed by atoms with Crippen molar-refractivity contribution < 1.29 is 0 Å². The third-order valence-corrected chi connectivity index (χ3v) is 3.57. The van der Waals surface area contributed by atoms with Gasteiger partial charge in [-0.25, -0.2) is 0 Å². The lowest BCUT2D eigenvalue weighted by Gasteiger charge is -2.18. The number of nitrogens with two attached hydrogens (primary N) is 1. The summed E-state index contributed by atoms with van der Waals surface area (Å²) >= 11 is 1.88. The second kappa shape index (κ2) is 3.77. The minimum absolute atomic E-state index is 0. The normalized spacial score (nSPS) is 21.3. The molecule has 12 heavy (non-hydrogen) atoms. The predicted molar refractivity (Wildman–Crippen MR) is 56.3 cm³/mol. The molecule has 1 heterocycles. The average Bonchev–Trinajstić information content (AvgIpc) is 2.32. The molecular formula is C9H14ClNS. The average molecular weight is 204 g/mol. The summed E-state index contributed by atoms with van der Waals surface area (Å²) < 4.78 is 0. The molecule has 1 aromatic rings. The van der Waals surface area contributed by atoms with Gasteiger partial charge in [0.15, 0.2) is 0 Å². The van der Waals surface area contributed by atoms with Crippen molar-refractivity contribution in [3.63, 3.8) is 0 Å². The van der Waals surface area contributed by atoms with E-state index >= 15 is 0 Å². The molecule has 1 unspecified atom stereocenters. The first kappa shape index (κ1) is 10.0. The van der Waals surface area contributed by atoms with Crippen LogP contribution in [-0.2, 0) is 12.8 Å². The lowest BCUT2D eigenvalue weighted by Crippen LogP contribution is -2.26. The first-order valence-electron chi connectivity index (χ1n) is 4.09. The third kappa shape index (κ3) is 1.65. The molecule has 0 spiro atoms. The molecule has 0 fully saturated rings. The number of rotatable bonds is 0. The van der Waals surface area contributed by atoms with Crippen molar-refractivity contribution in [2.75, 3.05) is 0 Å². The van der Waals surface area contributed by atoms with Crippen molar-refractivity contribution in [3.8, 4) is 0 Å². The van der Waals surface area contributed by atoms with Crippen LogP contribution in [0.4, 0.5) is 0 Å². The minimum atomic E-state index is 0. The summed E-state index contributed by atoms with van der Waals surface area (Å²) in [6.07, 6.45) is 3.48. The van der Waals surface area contributed by atoms with Gasteiger partial charge >= 0.3 is 0 Å². The Morgan fingerprint density at radius 2 is 2.33 bits per heavy atom. The van der Waals surface area contributed by atoms with E-state index in [9.17, 15) is 0 Å². The summed E-state index contributed by atoms with van der Waals surface area (Å²) in [5.41, 5.74) is 8.92. The lowest BCUT2D eigenvalue weighted by molar-refractivity contribution is 0.583. The summed E-state index contributed by atoms with van der Waals surface area (Å²) in [5, 5.41) is 2.25. The van der Waals surface area contributed by atoms with E-state index in [0.717, 1.165) is 6.42 Å². The van der Waals surface area contributed by atoms with Gasteiger partial charge in [0.2, 0.25) is 0 Å². The van der Waals surface area contributed by atoms with Crippen LogP contribution in [0, 0.1) is 6.92 Å². The second-order valence-electron chi connectivity index (χ2n) is 3.32. The molecule has 2 rings (SSSR count). The van der Waals surface area contributed by atoms with Crippen molar-refractivity contribution in [2.45, 2.75) is 32.2 Å². The first-order valence-corrected chi connectivity index (χ1v) is 4.97. The number of aryl methyl sites for hydroxylation is 1. The molecule has 0 saturated carbocycles. The van der Waals surface area contributed by atoms with Gasteiger partial charge in [0.05, 0.1) is 0 Å². The smallest absolute Gasteiger partial charge is 0.00953 e. The zero-order chi connectivity index (χ0) is 7.84. The van der Waals surface area contributed by atoms with Crippen molar-refractivity contribution in [2.24, 2.45) is 5.73 Å². The Labute approximate surface area is 83.4 Å². The fourth-order valence-corrected chi connectivity index (χ4v) is 2.88. The Balaban J connectivity index is 0.000000720. The molecular weight excluding hydrogens is 190 g/mol. The van der Waals surface area contributed by atoms with Crippen LogP contribution < -0.4 is 5.73 Å². The minimum Gasteiger partial charge on any atom is -0.327 e. The molecule has 2 N–H and O–H groups in total. The monoisotopic (exact) mass is 203 g/mol. The zero-order valence-corrected chi connectivity index (χ0v) is 8.80. The van der Waals surface area contributed by atoms with Crippen LogP contribution in [0.1, 0.15) is 22.4 Å². The Morgan fingerprint density at radius 1 is 1.58 bits per heavy atom. The van der Waals surface area contributed by atoms with E-state index in [1.165, 1.54) is 23.3 Å². The van der Waals surface area contributed by atoms with Crippen molar-refractivity contribution >= 4 is 23.7 Å². The zero-order valence-electron chi connectivity index (χ0n) is 7.17. The number of fused-ring (bicyclic) bond motifs is 1. The maximum atomic E-state index is 5.87. The predicted octanol–water partition coefficient (Wildman–Crippen LogP) is 2.29. The van der Waals surface area contributed by atoms with Crippen LogP contribution in [0.5, 0.6) is 0 Å². The SMILES string of the molecule is Cc1csc2c1CCC(N)C2.Cl. The maximum absolute atomic E-state index is 5.87. The van der Waals surface area contributed by atoms with Gasteiger partial charge in [-0.3, -0.25) is 0 Å². The molecule has 0 radical (unpaired) electrons. The quantitative estimate of drug-likeness (QED) is 0.688. The van der Waals surface area contributed by atoms with Crippen LogP contribution >= 0.6 is 23.7 Å². The van der Waals surface area contributed by atoms with Gasteiger partial charge < -0.3 is 5.73 Å². The van der Waals surface area contributed by atoms with E-state index in [2.05, 4.69) is 12.3 Å². The second-order valence-corrected chi connectivity index (χ2v) is 4.29. The molecule has 68 valence electrons. The van der Waals surface area contributed by atoms with Gasteiger partial charge in [0.1, 0.15) is 0 Å². The van der Waals surface area contributed by atoms with Crippen LogP contribution in [0.2, 0.25) is 0 Å². The fourth-order valence-electron chi connectivity index (χ4n) is 1.70. The van der Waals surface area contributed by atoms with Crippen LogP contribution in [-0.4, -0.2) is 6.04 Å². The van der Waals surface area contributed by atoms with Gasteiger partial charge in [-0.15, -0.1) is 23.7 Å². The fraction of sp³-hybridized carbons (Fsp3) is 0.556. The molecule has 0 bridgehead atoms. The molecule has 1 aliphatic carbocycles. The summed E-state index contributed by atoms with van der Waals surface area (Å²) in [7, 11) is 0. The van der Waals surface area contributed by atoms with E-state index in [0.29, 0.717) is 6.04 Å². The van der Waals surface area contributed by atoms with Crippen molar-refractivity contribution in [3.05, 3.63) is 21.4 Å². The van der Waals surface area contributed by atoms with Gasteiger partial charge in [-0.2, -0.15) is 0 Å². The van der Waals surface area contributed by atoms with E-state index in [1.807, 2.05) is 11.3 Å². The summed E-state index contributed by atoms with van der Waals surface area (Å²) in [5.74, 6) is 0. The Morgan fingerprint density at radius 3 is 3.08 bits per heavy atom. The van der Waals surface area contributed by atoms with E-state index in [1.54, 1.807) is 5.56 Å². The largest absolute Gasteiger partial charge is 0.327 e. The topological polar surface area (TPSA) is 26.0 Å². The van der Waals surface area contributed by atoms with Crippen molar-refractivity contribution in [1.29, 1.82) is 0 Å². The van der Waals surface area contributed by atoms with Crippen molar-refractivity contribution in [1.82, 2.24) is 0 Å². The standard InChI is InChI=1S/C9H13NS.ClH/c1-6-5-11-9-4-7(10)2-3-8(6)9;/h5,7H,2-4,10H2,1H3;1H. The summed E-state index contributed by atoms with van der Waals surface area (Å²) in [6, 6.07) is 0.417. The first-order chi connectivity index (χ1) is 5.27. The highest BCUT2D eigenvalue weighted by Gasteiger charge is 2.17. The maximum Gasteiger partial charge on any atom is 0.00953 e. The Hall–Kier alpha value is -0.0500. The molecule has 1 aromatic heterocycles. The Kier molecular flexibility index (Phi) is 3.16. The number of halogens is 1. The molecule has 0 saturated heterocycles.